The number of ether oxygens (including phenoxy) is 2. The largest absolute Gasteiger partial charge is 0.395 e. The Morgan fingerprint density at radius 1 is 1.19 bits per heavy atom. The third-order valence-electron chi connectivity index (χ3n) is 5.54. The molecule has 1 saturated carbocycles. The highest BCUT2D eigenvalue weighted by atomic mass is 16.8. The molecule has 0 amide bonds. The van der Waals surface area contributed by atoms with Crippen LogP contribution in [0.1, 0.15) is 31.2 Å². The summed E-state index contributed by atoms with van der Waals surface area (Å²) in [6.45, 7) is 0.651. The van der Waals surface area contributed by atoms with Crippen LogP contribution in [0, 0.1) is 0 Å². The van der Waals surface area contributed by atoms with Crippen LogP contribution in [0.4, 0.5) is 0 Å². The minimum Gasteiger partial charge on any atom is -0.395 e. The molecule has 142 valence electrons. The van der Waals surface area contributed by atoms with E-state index in [2.05, 4.69) is 0 Å². The van der Waals surface area contributed by atoms with E-state index in [4.69, 9.17) is 14.3 Å². The Kier molecular flexibility index (Phi) is 5.40. The van der Waals surface area contributed by atoms with Crippen LogP contribution in [0.5, 0.6) is 0 Å². The normalized spacial score (nSPS) is 33.9. The van der Waals surface area contributed by atoms with Gasteiger partial charge in [0.2, 0.25) is 0 Å². The molecule has 4 atom stereocenters. The van der Waals surface area contributed by atoms with E-state index in [1.54, 1.807) is 5.06 Å². The number of hydrogen-bond donors (Lipinski definition) is 2. The van der Waals surface area contributed by atoms with Gasteiger partial charge in [-0.1, -0.05) is 42.5 Å². The number of aliphatic hydroxyl groups excluding tert-OH is 2. The maximum absolute atomic E-state index is 10.7. The SMILES string of the molecule is OCC1C(O)C2OC3(CCCC3)OC2CN1OC/C=C/c1ccccc1. The molecule has 1 aliphatic carbocycles. The Labute approximate surface area is 153 Å². The van der Waals surface area contributed by atoms with Crippen LogP contribution in [-0.4, -0.2) is 65.2 Å². The van der Waals surface area contributed by atoms with E-state index >= 15 is 0 Å². The average molecular weight is 361 g/mol. The Morgan fingerprint density at radius 3 is 2.69 bits per heavy atom. The van der Waals surface area contributed by atoms with Gasteiger partial charge in [0.05, 0.1) is 25.8 Å². The molecule has 4 rings (SSSR count). The quantitative estimate of drug-likeness (QED) is 0.832. The molecule has 3 fully saturated rings. The van der Waals surface area contributed by atoms with Crippen molar-refractivity contribution in [3.63, 3.8) is 0 Å². The first-order valence-electron chi connectivity index (χ1n) is 9.46. The number of benzene rings is 1. The van der Waals surface area contributed by atoms with Crippen molar-refractivity contribution in [1.29, 1.82) is 0 Å². The van der Waals surface area contributed by atoms with Crippen LogP contribution in [0.3, 0.4) is 0 Å². The van der Waals surface area contributed by atoms with Crippen molar-refractivity contribution in [2.75, 3.05) is 19.8 Å². The summed E-state index contributed by atoms with van der Waals surface area (Å²) in [5.74, 6) is -0.542. The predicted molar refractivity (Wildman–Crippen MR) is 96.0 cm³/mol. The molecule has 2 heterocycles. The van der Waals surface area contributed by atoms with E-state index in [1.807, 2.05) is 42.5 Å². The van der Waals surface area contributed by atoms with E-state index in [0.717, 1.165) is 31.2 Å². The molecule has 0 bridgehead atoms. The second kappa shape index (κ2) is 7.76. The smallest absolute Gasteiger partial charge is 0.169 e. The Bertz CT molecular complexity index is 616. The lowest BCUT2D eigenvalue weighted by Gasteiger charge is -2.41. The van der Waals surface area contributed by atoms with Crippen molar-refractivity contribution in [3.05, 3.63) is 42.0 Å². The van der Waals surface area contributed by atoms with E-state index < -0.39 is 24.0 Å². The maximum atomic E-state index is 10.7. The molecule has 2 N–H and O–H groups in total. The number of hydroxylamine groups is 2. The molecule has 1 aromatic carbocycles. The number of aliphatic hydroxyl groups is 2. The molecule has 0 radical (unpaired) electrons. The summed E-state index contributed by atoms with van der Waals surface area (Å²) >= 11 is 0. The molecule has 1 spiro atoms. The van der Waals surface area contributed by atoms with Crippen molar-refractivity contribution in [2.45, 2.75) is 55.8 Å². The van der Waals surface area contributed by atoms with E-state index in [-0.39, 0.29) is 12.7 Å². The van der Waals surface area contributed by atoms with Crippen LogP contribution in [-0.2, 0) is 14.3 Å². The minimum atomic E-state index is -0.836. The van der Waals surface area contributed by atoms with E-state index in [9.17, 15) is 10.2 Å². The summed E-state index contributed by atoms with van der Waals surface area (Å²) in [6, 6.07) is 9.48. The van der Waals surface area contributed by atoms with Crippen LogP contribution in [0.2, 0.25) is 0 Å². The van der Waals surface area contributed by atoms with Gasteiger partial charge in [0.15, 0.2) is 5.79 Å². The minimum absolute atomic E-state index is 0.191. The zero-order valence-electron chi connectivity index (χ0n) is 14.9. The average Bonchev–Trinajstić information content (AvgIpc) is 3.26. The molecule has 1 aromatic rings. The van der Waals surface area contributed by atoms with Gasteiger partial charge in [0.1, 0.15) is 18.3 Å². The standard InChI is InChI=1S/C20H27NO5/c22-14-16-18(23)19-17(25-20(26-19)10-4-5-11-20)13-21(16)24-12-6-9-15-7-2-1-3-8-15/h1-3,6-9,16-19,22-23H,4-5,10-14H2/b9-6+. The lowest BCUT2D eigenvalue weighted by Crippen LogP contribution is -2.61. The van der Waals surface area contributed by atoms with Gasteiger partial charge in [0.25, 0.3) is 0 Å². The fraction of sp³-hybridized carbons (Fsp3) is 0.600. The summed E-state index contributed by atoms with van der Waals surface area (Å²) in [4.78, 5) is 5.83. The topological polar surface area (TPSA) is 71.4 Å². The molecular weight excluding hydrogens is 334 g/mol. The Balaban J connectivity index is 1.37. The fourth-order valence-electron chi connectivity index (χ4n) is 4.21. The summed E-state index contributed by atoms with van der Waals surface area (Å²) in [6.07, 6.45) is 6.36. The van der Waals surface area contributed by atoms with Gasteiger partial charge in [-0.25, -0.2) is 0 Å². The zero-order valence-corrected chi connectivity index (χ0v) is 14.9. The molecule has 6 heteroatoms. The Morgan fingerprint density at radius 2 is 1.96 bits per heavy atom. The van der Waals surface area contributed by atoms with Crippen LogP contribution >= 0.6 is 0 Å². The van der Waals surface area contributed by atoms with Crippen molar-refractivity contribution >= 4 is 6.08 Å². The maximum Gasteiger partial charge on any atom is 0.169 e. The number of hydrogen-bond acceptors (Lipinski definition) is 6. The lowest BCUT2D eigenvalue weighted by molar-refractivity contribution is -0.247. The fourth-order valence-corrected chi connectivity index (χ4v) is 4.21. The number of piperidine rings is 1. The molecular formula is C20H27NO5. The molecule has 6 nitrogen and oxygen atoms in total. The first-order chi connectivity index (χ1) is 12.7. The van der Waals surface area contributed by atoms with Crippen molar-refractivity contribution in [3.8, 4) is 0 Å². The van der Waals surface area contributed by atoms with Crippen molar-refractivity contribution in [2.24, 2.45) is 0 Å². The van der Waals surface area contributed by atoms with Gasteiger partial charge in [-0.15, -0.1) is 0 Å². The first-order valence-corrected chi connectivity index (χ1v) is 9.46. The summed E-state index contributed by atoms with van der Waals surface area (Å²) in [7, 11) is 0. The number of fused-ring (bicyclic) bond motifs is 1. The molecule has 0 aromatic heterocycles. The van der Waals surface area contributed by atoms with E-state index in [0.29, 0.717) is 13.2 Å². The second-order valence-electron chi connectivity index (χ2n) is 7.31. The van der Waals surface area contributed by atoms with Crippen molar-refractivity contribution < 1.29 is 24.5 Å². The van der Waals surface area contributed by atoms with Gasteiger partial charge in [-0.05, 0) is 18.4 Å². The predicted octanol–water partition coefficient (Wildman–Crippen LogP) is 1.72. The van der Waals surface area contributed by atoms with Crippen LogP contribution in [0.25, 0.3) is 6.08 Å². The highest BCUT2D eigenvalue weighted by molar-refractivity contribution is 5.48. The van der Waals surface area contributed by atoms with E-state index in [1.165, 1.54) is 0 Å². The zero-order chi connectivity index (χ0) is 18.0. The Hall–Kier alpha value is -1.28. The van der Waals surface area contributed by atoms with Crippen LogP contribution in [0.15, 0.2) is 36.4 Å². The van der Waals surface area contributed by atoms with Gasteiger partial charge < -0.3 is 19.7 Å². The van der Waals surface area contributed by atoms with Crippen LogP contribution < -0.4 is 0 Å². The molecule has 26 heavy (non-hydrogen) atoms. The number of rotatable bonds is 5. The summed E-state index contributed by atoms with van der Waals surface area (Å²) < 4.78 is 12.3. The summed E-state index contributed by atoms with van der Waals surface area (Å²) in [5, 5.41) is 22.1. The monoisotopic (exact) mass is 361 g/mol. The third-order valence-corrected chi connectivity index (χ3v) is 5.54. The first kappa shape index (κ1) is 18.1. The van der Waals surface area contributed by atoms with Gasteiger partial charge in [0, 0.05) is 12.8 Å². The van der Waals surface area contributed by atoms with Gasteiger partial charge >= 0.3 is 0 Å². The van der Waals surface area contributed by atoms with Crippen molar-refractivity contribution in [1.82, 2.24) is 5.06 Å². The third kappa shape index (κ3) is 3.58. The highest BCUT2D eigenvalue weighted by Crippen LogP contribution is 2.44. The molecule has 2 saturated heterocycles. The molecule has 3 aliphatic rings. The van der Waals surface area contributed by atoms with Gasteiger partial charge in [-0.3, -0.25) is 4.84 Å². The van der Waals surface area contributed by atoms with Gasteiger partial charge in [-0.2, -0.15) is 5.06 Å². The summed E-state index contributed by atoms with van der Waals surface area (Å²) in [5.41, 5.74) is 1.10. The molecule has 4 unspecified atom stereocenters. The molecule has 2 aliphatic heterocycles. The second-order valence-corrected chi connectivity index (χ2v) is 7.31. The number of nitrogens with zero attached hydrogens (tertiary/aromatic N) is 1. The highest BCUT2D eigenvalue weighted by Gasteiger charge is 2.56. The lowest BCUT2D eigenvalue weighted by atomic mass is 9.96.